The van der Waals surface area contributed by atoms with Crippen molar-refractivity contribution in [1.82, 2.24) is 0 Å². The number of fused-ring (bicyclic) bond motifs is 2. The van der Waals surface area contributed by atoms with Crippen LogP contribution in [0.2, 0.25) is 0 Å². The summed E-state index contributed by atoms with van der Waals surface area (Å²) in [5, 5.41) is 0. The molecule has 0 radical (unpaired) electrons. The third-order valence-corrected chi connectivity index (χ3v) is 6.19. The van der Waals surface area contributed by atoms with E-state index in [9.17, 15) is 0 Å². The second kappa shape index (κ2) is 4.84. The summed E-state index contributed by atoms with van der Waals surface area (Å²) in [6.07, 6.45) is 9.28. The molecule has 0 aromatic rings. The van der Waals surface area contributed by atoms with E-state index < -0.39 is 0 Å². The van der Waals surface area contributed by atoms with Gasteiger partial charge in [-0.2, -0.15) is 0 Å². The highest BCUT2D eigenvalue weighted by atomic mass is 16.7. The monoisotopic (exact) mass is 278 g/mol. The number of hydrogen-bond acceptors (Lipinski definition) is 2. The van der Waals surface area contributed by atoms with Crippen LogP contribution in [0.5, 0.6) is 0 Å². The van der Waals surface area contributed by atoms with Crippen LogP contribution in [0.1, 0.15) is 60.3 Å². The number of rotatable bonds is 1. The fourth-order valence-corrected chi connectivity index (χ4v) is 5.29. The fourth-order valence-electron chi connectivity index (χ4n) is 5.29. The topological polar surface area (TPSA) is 18.5 Å². The van der Waals surface area contributed by atoms with Gasteiger partial charge in [0.25, 0.3) is 0 Å². The van der Waals surface area contributed by atoms with Gasteiger partial charge in [-0.15, -0.1) is 0 Å². The van der Waals surface area contributed by atoms with Crippen LogP contribution in [0, 0.1) is 23.2 Å². The second-order valence-electron chi connectivity index (χ2n) is 8.18. The highest BCUT2D eigenvalue weighted by molar-refractivity contribution is 5.06. The summed E-state index contributed by atoms with van der Waals surface area (Å²) in [4.78, 5) is 0. The van der Waals surface area contributed by atoms with Crippen LogP contribution in [-0.4, -0.2) is 18.0 Å². The maximum absolute atomic E-state index is 6.30. The highest BCUT2D eigenvalue weighted by Gasteiger charge is 2.56. The van der Waals surface area contributed by atoms with Gasteiger partial charge < -0.3 is 9.47 Å². The smallest absolute Gasteiger partial charge is 0.178 e. The predicted octanol–water partition coefficient (Wildman–Crippen LogP) is 4.55. The molecule has 0 N–H and O–H groups in total. The molecule has 2 heteroatoms. The predicted molar refractivity (Wildman–Crippen MR) is 81.4 cm³/mol. The van der Waals surface area contributed by atoms with E-state index in [0.717, 1.165) is 24.2 Å². The Balaban J connectivity index is 1.89. The van der Waals surface area contributed by atoms with Crippen molar-refractivity contribution in [1.29, 1.82) is 0 Å². The minimum atomic E-state index is -0.140. The number of allylic oxidation sites excluding steroid dienone is 1. The molecule has 3 rings (SSSR count). The van der Waals surface area contributed by atoms with Gasteiger partial charge in [-0.3, -0.25) is 0 Å². The van der Waals surface area contributed by atoms with E-state index in [1.807, 2.05) is 19.1 Å². The van der Waals surface area contributed by atoms with Gasteiger partial charge in [0.1, 0.15) is 0 Å². The molecule has 3 aliphatic rings. The van der Waals surface area contributed by atoms with Crippen LogP contribution < -0.4 is 0 Å². The Bertz CT molecular complexity index is 400. The van der Waals surface area contributed by atoms with Gasteiger partial charge in [0.15, 0.2) is 6.29 Å². The number of hydrogen-bond donors (Lipinski definition) is 0. The van der Waals surface area contributed by atoms with Gasteiger partial charge in [0, 0.05) is 0 Å². The van der Waals surface area contributed by atoms with Gasteiger partial charge in [0.2, 0.25) is 0 Å². The zero-order valence-corrected chi connectivity index (χ0v) is 13.7. The van der Waals surface area contributed by atoms with Crippen LogP contribution in [-0.2, 0) is 9.47 Å². The number of ether oxygens (including phenoxy) is 2. The zero-order valence-electron chi connectivity index (χ0n) is 13.7. The molecule has 2 saturated carbocycles. The molecule has 1 heterocycles. The third kappa shape index (κ3) is 2.25. The molecule has 2 nitrogen and oxygen atoms in total. The maximum atomic E-state index is 6.30. The molecule has 114 valence electrons. The van der Waals surface area contributed by atoms with Crippen molar-refractivity contribution in [2.45, 2.75) is 78.3 Å². The van der Waals surface area contributed by atoms with Gasteiger partial charge in [-0.25, -0.2) is 0 Å². The first-order valence-corrected chi connectivity index (χ1v) is 8.32. The van der Waals surface area contributed by atoms with E-state index in [-0.39, 0.29) is 18.0 Å². The molecule has 6 atom stereocenters. The Morgan fingerprint density at radius 1 is 1.15 bits per heavy atom. The molecule has 1 aliphatic heterocycles. The van der Waals surface area contributed by atoms with Crippen molar-refractivity contribution in [3.63, 3.8) is 0 Å². The molecule has 3 fully saturated rings. The van der Waals surface area contributed by atoms with Gasteiger partial charge in [0.05, 0.1) is 11.7 Å². The summed E-state index contributed by atoms with van der Waals surface area (Å²) in [5.74, 6) is 2.49. The van der Waals surface area contributed by atoms with Crippen molar-refractivity contribution in [2.75, 3.05) is 0 Å². The summed E-state index contributed by atoms with van der Waals surface area (Å²) in [6.45, 7) is 11.6. The minimum Gasteiger partial charge on any atom is -0.343 e. The maximum Gasteiger partial charge on any atom is 0.178 e. The lowest BCUT2D eigenvalue weighted by Gasteiger charge is -2.38. The van der Waals surface area contributed by atoms with Crippen LogP contribution in [0.25, 0.3) is 0 Å². The summed E-state index contributed by atoms with van der Waals surface area (Å²) >= 11 is 0. The molecule has 0 aromatic carbocycles. The highest BCUT2D eigenvalue weighted by Crippen LogP contribution is 2.57. The second-order valence-corrected chi connectivity index (χ2v) is 8.18. The summed E-state index contributed by atoms with van der Waals surface area (Å²) in [6, 6.07) is 0. The average Bonchev–Trinajstić information content (AvgIpc) is 2.80. The molecule has 0 amide bonds. The van der Waals surface area contributed by atoms with E-state index in [1.54, 1.807) is 0 Å². The van der Waals surface area contributed by atoms with Gasteiger partial charge in [-0.05, 0) is 62.4 Å². The lowest BCUT2D eigenvalue weighted by Crippen LogP contribution is -2.39. The van der Waals surface area contributed by atoms with Crippen LogP contribution in [0.3, 0.4) is 0 Å². The fraction of sp³-hybridized carbons (Fsp3) is 0.889. The zero-order chi connectivity index (χ0) is 14.5. The minimum absolute atomic E-state index is 0.113. The van der Waals surface area contributed by atoms with E-state index >= 15 is 0 Å². The lowest BCUT2D eigenvalue weighted by molar-refractivity contribution is -0.0730. The normalized spacial score (nSPS) is 51.0. The quantitative estimate of drug-likeness (QED) is 0.655. The van der Waals surface area contributed by atoms with Crippen molar-refractivity contribution in [3.05, 3.63) is 12.2 Å². The molecule has 20 heavy (non-hydrogen) atoms. The molecular weight excluding hydrogens is 248 g/mol. The van der Waals surface area contributed by atoms with Crippen LogP contribution in [0.15, 0.2) is 12.2 Å². The summed E-state index contributed by atoms with van der Waals surface area (Å²) in [7, 11) is 0. The Hall–Kier alpha value is -0.340. The van der Waals surface area contributed by atoms with E-state index in [1.165, 1.54) is 19.3 Å². The Morgan fingerprint density at radius 3 is 2.60 bits per heavy atom. The largest absolute Gasteiger partial charge is 0.343 e. The average molecular weight is 278 g/mol. The first-order chi connectivity index (χ1) is 9.36. The molecule has 1 saturated heterocycles. The SMILES string of the molecule is C/C=C/[C@H]1O[C@H]2CC3[C@H](C)CC[C@H]3C(C)(C)C[C@@]2(C)O1. The molecular formula is C18H30O2. The third-order valence-electron chi connectivity index (χ3n) is 6.19. The Morgan fingerprint density at radius 2 is 1.90 bits per heavy atom. The van der Waals surface area contributed by atoms with Crippen molar-refractivity contribution in [2.24, 2.45) is 23.2 Å². The summed E-state index contributed by atoms with van der Waals surface area (Å²) < 4.78 is 12.5. The van der Waals surface area contributed by atoms with Crippen molar-refractivity contribution < 1.29 is 9.47 Å². The Kier molecular flexibility index (Phi) is 3.53. The van der Waals surface area contributed by atoms with Gasteiger partial charge >= 0.3 is 0 Å². The van der Waals surface area contributed by atoms with Crippen LogP contribution in [0.4, 0.5) is 0 Å². The first-order valence-electron chi connectivity index (χ1n) is 8.32. The van der Waals surface area contributed by atoms with Crippen molar-refractivity contribution >= 4 is 0 Å². The van der Waals surface area contributed by atoms with E-state index in [2.05, 4.69) is 27.7 Å². The van der Waals surface area contributed by atoms with E-state index in [0.29, 0.717) is 5.41 Å². The summed E-state index contributed by atoms with van der Waals surface area (Å²) in [5.41, 5.74) is 0.241. The molecule has 2 aliphatic carbocycles. The van der Waals surface area contributed by atoms with Crippen LogP contribution >= 0.6 is 0 Å². The lowest BCUT2D eigenvalue weighted by atomic mass is 9.70. The Labute approximate surface area is 123 Å². The molecule has 0 bridgehead atoms. The molecule has 1 unspecified atom stereocenters. The van der Waals surface area contributed by atoms with Crippen molar-refractivity contribution in [3.8, 4) is 0 Å². The first kappa shape index (κ1) is 14.6. The standard InChI is InChI=1S/C18H30O2/c1-6-7-16-19-15-10-13-12(2)8-9-14(13)17(3,4)11-18(15,5)20-16/h6-7,12-16H,8-11H2,1-5H3/b7-6+/t12-,13?,14-,15+,16+,18-/m1/s1. The molecule has 0 spiro atoms. The molecule has 0 aromatic heterocycles. The van der Waals surface area contributed by atoms with Gasteiger partial charge in [-0.1, -0.05) is 33.3 Å². The van der Waals surface area contributed by atoms with E-state index in [4.69, 9.17) is 9.47 Å².